The SMILES string of the molecule is c1ccc(-c2cc(-c3ccccc3)cc(N(c3ccc4c5ccccc5n5c4c3Oc3ccccc3-5)c3cccc4oc5c6ccccc6ccc5c34)c2)cc1. The molecule has 1 aliphatic rings. The van der Waals surface area contributed by atoms with Gasteiger partial charge in [0.05, 0.1) is 33.5 Å². The predicted molar refractivity (Wildman–Crippen MR) is 231 cm³/mol. The van der Waals surface area contributed by atoms with Crippen LogP contribution in [-0.2, 0) is 0 Å². The third-order valence-corrected chi connectivity index (χ3v) is 11.3. The average Bonchev–Trinajstić information content (AvgIpc) is 3.83. The number of fused-ring (bicyclic) bond motifs is 10. The minimum Gasteiger partial charge on any atom is -0.455 e. The van der Waals surface area contributed by atoms with E-state index in [1.54, 1.807) is 0 Å². The van der Waals surface area contributed by atoms with Gasteiger partial charge in [0.2, 0.25) is 0 Å². The highest BCUT2D eigenvalue weighted by atomic mass is 16.5. The summed E-state index contributed by atoms with van der Waals surface area (Å²) < 4.78 is 16.3. The second kappa shape index (κ2) is 12.0. The number of ether oxygens (including phenoxy) is 1. The quantitative estimate of drug-likeness (QED) is 0.178. The Morgan fingerprint density at radius 2 is 1.12 bits per heavy atom. The molecule has 3 heterocycles. The summed E-state index contributed by atoms with van der Waals surface area (Å²) in [5.74, 6) is 1.62. The van der Waals surface area contributed by atoms with E-state index in [1.807, 2.05) is 6.07 Å². The highest BCUT2D eigenvalue weighted by Gasteiger charge is 2.30. The van der Waals surface area contributed by atoms with E-state index >= 15 is 0 Å². The molecule has 0 aliphatic carbocycles. The van der Waals surface area contributed by atoms with Gasteiger partial charge in [-0.2, -0.15) is 0 Å². The van der Waals surface area contributed by atoms with E-state index in [4.69, 9.17) is 9.15 Å². The second-order valence-corrected chi connectivity index (χ2v) is 14.5. The van der Waals surface area contributed by atoms with Gasteiger partial charge in [-0.15, -0.1) is 0 Å². The minimum absolute atomic E-state index is 0.805. The van der Waals surface area contributed by atoms with Crippen LogP contribution in [0.5, 0.6) is 11.5 Å². The summed E-state index contributed by atoms with van der Waals surface area (Å²) in [5.41, 5.74) is 12.4. The largest absolute Gasteiger partial charge is 0.455 e. The normalized spacial score (nSPS) is 12.1. The zero-order valence-electron chi connectivity index (χ0n) is 30.2. The Labute approximate surface area is 322 Å². The Balaban J connectivity index is 1.22. The van der Waals surface area contributed by atoms with Gasteiger partial charge >= 0.3 is 0 Å². The topological polar surface area (TPSA) is 30.5 Å². The van der Waals surface area contributed by atoms with Crippen molar-refractivity contribution in [1.82, 2.24) is 4.57 Å². The van der Waals surface area contributed by atoms with E-state index in [-0.39, 0.29) is 0 Å². The van der Waals surface area contributed by atoms with Crippen molar-refractivity contribution in [3.63, 3.8) is 0 Å². The molecule has 2 aromatic heterocycles. The molecular formula is C52H32N2O2. The van der Waals surface area contributed by atoms with Crippen LogP contribution >= 0.6 is 0 Å². The van der Waals surface area contributed by atoms with Crippen molar-refractivity contribution in [2.75, 3.05) is 4.90 Å². The molecule has 0 spiro atoms. The van der Waals surface area contributed by atoms with E-state index in [2.05, 4.69) is 198 Å². The van der Waals surface area contributed by atoms with Gasteiger partial charge in [-0.05, 0) is 94.4 Å². The summed E-state index contributed by atoms with van der Waals surface area (Å²) in [7, 11) is 0. The number of aromatic nitrogens is 1. The maximum atomic E-state index is 7.12. The second-order valence-electron chi connectivity index (χ2n) is 14.5. The molecule has 0 atom stereocenters. The lowest BCUT2D eigenvalue weighted by atomic mass is 9.96. The molecule has 0 N–H and O–H groups in total. The van der Waals surface area contributed by atoms with E-state index in [9.17, 15) is 0 Å². The smallest absolute Gasteiger partial charge is 0.176 e. The lowest BCUT2D eigenvalue weighted by Gasteiger charge is -2.31. The van der Waals surface area contributed by atoms with Crippen molar-refractivity contribution in [3.8, 4) is 39.4 Å². The molecule has 0 fully saturated rings. The van der Waals surface area contributed by atoms with Gasteiger partial charge in [-0.1, -0.05) is 127 Å². The number of para-hydroxylation sites is 3. The summed E-state index contributed by atoms with van der Waals surface area (Å²) in [6.07, 6.45) is 0. The summed E-state index contributed by atoms with van der Waals surface area (Å²) >= 11 is 0. The first-order chi connectivity index (χ1) is 27.8. The fourth-order valence-electron chi connectivity index (χ4n) is 8.85. The molecule has 4 heteroatoms. The molecular weight excluding hydrogens is 685 g/mol. The Morgan fingerprint density at radius 1 is 0.446 bits per heavy atom. The third-order valence-electron chi connectivity index (χ3n) is 11.3. The van der Waals surface area contributed by atoms with Crippen molar-refractivity contribution in [2.45, 2.75) is 0 Å². The summed E-state index contributed by atoms with van der Waals surface area (Å²) in [4.78, 5) is 2.38. The maximum absolute atomic E-state index is 7.12. The lowest BCUT2D eigenvalue weighted by molar-refractivity contribution is 0.477. The Morgan fingerprint density at radius 3 is 1.93 bits per heavy atom. The summed E-state index contributed by atoms with van der Waals surface area (Å²) in [6, 6.07) is 68.9. The fraction of sp³-hybridized carbons (Fsp3) is 0. The van der Waals surface area contributed by atoms with Crippen molar-refractivity contribution >= 4 is 71.6 Å². The number of hydrogen-bond acceptors (Lipinski definition) is 3. The number of nitrogens with zero attached hydrogens (tertiary/aromatic N) is 2. The first-order valence-electron chi connectivity index (χ1n) is 19.0. The third kappa shape index (κ3) is 4.53. The van der Waals surface area contributed by atoms with E-state index in [0.29, 0.717) is 0 Å². The molecule has 0 amide bonds. The highest BCUT2D eigenvalue weighted by molar-refractivity contribution is 6.20. The monoisotopic (exact) mass is 716 g/mol. The van der Waals surface area contributed by atoms with Crippen LogP contribution in [0.4, 0.5) is 17.1 Å². The Hall–Kier alpha value is -7.56. The molecule has 0 bridgehead atoms. The zero-order valence-corrected chi connectivity index (χ0v) is 30.2. The number of hydrogen-bond donors (Lipinski definition) is 0. The molecule has 12 rings (SSSR count). The first kappa shape index (κ1) is 30.9. The molecule has 0 radical (unpaired) electrons. The first-order valence-corrected chi connectivity index (χ1v) is 19.0. The van der Waals surface area contributed by atoms with E-state index in [1.165, 1.54) is 5.39 Å². The standard InChI is InChI=1S/C52H32N2O2/c1-3-14-33(15-4-1)36-30-37(34-16-5-2-6-17-34)32-38(31-36)53(45-23-13-25-48-49(45)42-27-26-35-18-7-8-19-39(35)51(42)56-48)46-29-28-41-40-20-9-10-21-43(40)54-44-22-11-12-24-47(44)55-52(46)50(41)54/h1-32H. The van der Waals surface area contributed by atoms with Crippen molar-refractivity contribution in [1.29, 1.82) is 0 Å². The van der Waals surface area contributed by atoms with Crippen LogP contribution in [0.25, 0.3) is 82.5 Å². The van der Waals surface area contributed by atoms with Crippen molar-refractivity contribution < 1.29 is 9.15 Å². The van der Waals surface area contributed by atoms with Gasteiger partial charge in [0.1, 0.15) is 11.2 Å². The molecule has 4 nitrogen and oxygen atoms in total. The van der Waals surface area contributed by atoms with Gasteiger partial charge in [0.15, 0.2) is 11.5 Å². The molecule has 1 aliphatic heterocycles. The van der Waals surface area contributed by atoms with Crippen LogP contribution in [-0.4, -0.2) is 4.57 Å². The van der Waals surface area contributed by atoms with Crippen LogP contribution < -0.4 is 9.64 Å². The number of benzene rings is 9. The minimum atomic E-state index is 0.805. The Bertz CT molecular complexity index is 3280. The van der Waals surface area contributed by atoms with Gasteiger partial charge in [0, 0.05) is 27.2 Å². The van der Waals surface area contributed by atoms with Crippen LogP contribution in [0.3, 0.4) is 0 Å². The fourth-order valence-corrected chi connectivity index (χ4v) is 8.85. The molecule has 0 saturated carbocycles. The summed E-state index contributed by atoms with van der Waals surface area (Å²) in [5, 5.41) is 6.69. The van der Waals surface area contributed by atoms with Crippen LogP contribution in [0.15, 0.2) is 199 Å². The molecule has 0 unspecified atom stereocenters. The molecule has 262 valence electrons. The van der Waals surface area contributed by atoms with E-state index in [0.717, 1.165) is 106 Å². The summed E-state index contributed by atoms with van der Waals surface area (Å²) in [6.45, 7) is 0. The average molecular weight is 717 g/mol. The predicted octanol–water partition coefficient (Wildman–Crippen LogP) is 14.7. The molecule has 0 saturated heterocycles. The van der Waals surface area contributed by atoms with Crippen molar-refractivity contribution in [2.24, 2.45) is 0 Å². The van der Waals surface area contributed by atoms with Gasteiger partial charge in [-0.25, -0.2) is 0 Å². The molecule has 9 aromatic carbocycles. The number of furan rings is 1. The van der Waals surface area contributed by atoms with Crippen LogP contribution in [0.2, 0.25) is 0 Å². The zero-order chi connectivity index (χ0) is 36.7. The Kier molecular flexibility index (Phi) is 6.60. The van der Waals surface area contributed by atoms with E-state index < -0.39 is 0 Å². The maximum Gasteiger partial charge on any atom is 0.176 e. The van der Waals surface area contributed by atoms with Crippen LogP contribution in [0.1, 0.15) is 0 Å². The van der Waals surface area contributed by atoms with Gasteiger partial charge < -0.3 is 18.6 Å². The number of rotatable bonds is 5. The number of anilines is 3. The molecule has 11 aromatic rings. The molecule has 56 heavy (non-hydrogen) atoms. The van der Waals surface area contributed by atoms with Gasteiger partial charge in [-0.3, -0.25) is 0 Å². The van der Waals surface area contributed by atoms with Crippen LogP contribution in [0, 0.1) is 0 Å². The van der Waals surface area contributed by atoms with Gasteiger partial charge in [0.25, 0.3) is 0 Å². The lowest BCUT2D eigenvalue weighted by Crippen LogP contribution is -2.14. The highest BCUT2D eigenvalue weighted by Crippen LogP contribution is 2.54. The van der Waals surface area contributed by atoms with Crippen molar-refractivity contribution in [3.05, 3.63) is 194 Å².